The van der Waals surface area contributed by atoms with Gasteiger partial charge >= 0.3 is 0 Å². The summed E-state index contributed by atoms with van der Waals surface area (Å²) in [5.74, 6) is 1.54. The van der Waals surface area contributed by atoms with E-state index in [4.69, 9.17) is 10.5 Å². The minimum atomic E-state index is 0.302. The molecule has 0 aromatic heterocycles. The van der Waals surface area contributed by atoms with Crippen LogP contribution in [0.2, 0.25) is 0 Å². The third-order valence-corrected chi connectivity index (χ3v) is 4.46. The van der Waals surface area contributed by atoms with Crippen molar-refractivity contribution < 1.29 is 4.74 Å². The Labute approximate surface area is 87.2 Å². The molecular weight excluding hydrogens is 174 g/mol. The molecule has 1 aliphatic heterocycles. The van der Waals surface area contributed by atoms with Crippen molar-refractivity contribution >= 4 is 0 Å². The van der Waals surface area contributed by atoms with Crippen molar-refractivity contribution in [3.05, 3.63) is 0 Å². The lowest BCUT2D eigenvalue weighted by Crippen LogP contribution is -2.44. The van der Waals surface area contributed by atoms with Crippen molar-refractivity contribution in [1.29, 1.82) is 0 Å². The second-order valence-electron chi connectivity index (χ2n) is 5.13. The third kappa shape index (κ3) is 1.49. The van der Waals surface area contributed by atoms with E-state index in [0.29, 0.717) is 17.4 Å². The van der Waals surface area contributed by atoms with Crippen LogP contribution in [0.5, 0.6) is 0 Å². The van der Waals surface area contributed by atoms with E-state index < -0.39 is 0 Å². The van der Waals surface area contributed by atoms with E-state index in [9.17, 15) is 0 Å². The van der Waals surface area contributed by atoms with Crippen molar-refractivity contribution in [2.75, 3.05) is 13.2 Å². The lowest BCUT2D eigenvalue weighted by Gasteiger charge is -2.38. The Hall–Kier alpha value is -0.0800. The van der Waals surface area contributed by atoms with Crippen LogP contribution in [0.1, 0.15) is 39.5 Å². The molecule has 2 rings (SSSR count). The molecule has 0 aromatic rings. The molecule has 0 aromatic carbocycles. The summed E-state index contributed by atoms with van der Waals surface area (Å²) in [6, 6.07) is 0. The second-order valence-corrected chi connectivity index (χ2v) is 5.13. The number of hydrogen-bond donors (Lipinski definition) is 1. The zero-order valence-electron chi connectivity index (χ0n) is 9.46. The van der Waals surface area contributed by atoms with Gasteiger partial charge in [0, 0.05) is 18.6 Å². The fraction of sp³-hybridized carbons (Fsp3) is 1.00. The average molecular weight is 197 g/mol. The monoisotopic (exact) mass is 197 g/mol. The lowest BCUT2D eigenvalue weighted by atomic mass is 9.68. The van der Waals surface area contributed by atoms with Crippen LogP contribution in [-0.4, -0.2) is 19.3 Å². The summed E-state index contributed by atoms with van der Waals surface area (Å²) in [4.78, 5) is 0. The largest absolute Gasteiger partial charge is 0.377 e. The van der Waals surface area contributed by atoms with Gasteiger partial charge in [-0.2, -0.15) is 0 Å². The van der Waals surface area contributed by atoms with E-state index >= 15 is 0 Å². The van der Waals surface area contributed by atoms with Crippen LogP contribution in [0.3, 0.4) is 0 Å². The van der Waals surface area contributed by atoms with E-state index in [-0.39, 0.29) is 0 Å². The molecule has 82 valence electrons. The fourth-order valence-electron chi connectivity index (χ4n) is 3.04. The summed E-state index contributed by atoms with van der Waals surface area (Å²) >= 11 is 0. The molecule has 0 spiro atoms. The van der Waals surface area contributed by atoms with Gasteiger partial charge in [-0.3, -0.25) is 0 Å². The Morgan fingerprint density at radius 1 is 1.50 bits per heavy atom. The van der Waals surface area contributed by atoms with Crippen molar-refractivity contribution in [1.82, 2.24) is 0 Å². The number of hydrogen-bond acceptors (Lipinski definition) is 2. The molecule has 3 atom stereocenters. The first-order chi connectivity index (χ1) is 6.74. The Kier molecular flexibility index (Phi) is 2.85. The molecule has 1 heterocycles. The number of nitrogens with two attached hydrogens (primary N) is 1. The van der Waals surface area contributed by atoms with Gasteiger partial charge in [-0.1, -0.05) is 20.3 Å². The van der Waals surface area contributed by atoms with Gasteiger partial charge in [0.15, 0.2) is 0 Å². The highest BCUT2D eigenvalue weighted by atomic mass is 16.5. The molecule has 14 heavy (non-hydrogen) atoms. The van der Waals surface area contributed by atoms with E-state index in [1.54, 1.807) is 0 Å². The molecule has 1 aliphatic carbocycles. The highest BCUT2D eigenvalue weighted by Crippen LogP contribution is 2.51. The zero-order chi connectivity index (χ0) is 10.2. The highest BCUT2D eigenvalue weighted by molar-refractivity contribution is 5.02. The fourth-order valence-corrected chi connectivity index (χ4v) is 3.04. The van der Waals surface area contributed by atoms with Gasteiger partial charge in [-0.05, 0) is 31.1 Å². The van der Waals surface area contributed by atoms with Crippen LogP contribution in [0, 0.1) is 17.3 Å². The van der Waals surface area contributed by atoms with E-state index in [0.717, 1.165) is 19.1 Å². The van der Waals surface area contributed by atoms with Crippen molar-refractivity contribution in [3.63, 3.8) is 0 Å². The van der Waals surface area contributed by atoms with Crippen LogP contribution in [0.15, 0.2) is 0 Å². The Bertz CT molecular complexity index is 202. The Balaban J connectivity index is 2.14. The van der Waals surface area contributed by atoms with Crippen LogP contribution < -0.4 is 5.73 Å². The van der Waals surface area contributed by atoms with Crippen LogP contribution in [0.25, 0.3) is 0 Å². The molecule has 0 amide bonds. The normalized spacial score (nSPS) is 40.1. The molecule has 2 heteroatoms. The minimum Gasteiger partial charge on any atom is -0.377 e. The minimum absolute atomic E-state index is 0.302. The van der Waals surface area contributed by atoms with Gasteiger partial charge in [0.05, 0.1) is 6.10 Å². The quantitative estimate of drug-likeness (QED) is 0.749. The standard InChI is InChI=1S/C12H23NO/c1-3-9(2)12(8-13)6-7-14-11(12)10-4-5-10/h9-11H,3-8,13H2,1-2H3. The summed E-state index contributed by atoms with van der Waals surface area (Å²) in [7, 11) is 0. The van der Waals surface area contributed by atoms with Crippen molar-refractivity contribution in [3.8, 4) is 0 Å². The summed E-state index contributed by atoms with van der Waals surface area (Å²) in [5.41, 5.74) is 6.32. The van der Waals surface area contributed by atoms with Crippen LogP contribution >= 0.6 is 0 Å². The molecule has 3 unspecified atom stereocenters. The molecule has 0 bridgehead atoms. The van der Waals surface area contributed by atoms with E-state index in [1.807, 2.05) is 0 Å². The Morgan fingerprint density at radius 3 is 2.71 bits per heavy atom. The second kappa shape index (κ2) is 3.82. The summed E-state index contributed by atoms with van der Waals surface area (Å²) in [6.45, 7) is 6.35. The predicted molar refractivity (Wildman–Crippen MR) is 58.0 cm³/mol. The molecule has 2 aliphatic rings. The topological polar surface area (TPSA) is 35.2 Å². The molecule has 2 fully saturated rings. The number of rotatable bonds is 4. The first kappa shape index (κ1) is 10.4. The molecular formula is C12H23NO. The summed E-state index contributed by atoms with van der Waals surface area (Å²) in [6.07, 6.45) is 5.61. The molecule has 0 radical (unpaired) electrons. The van der Waals surface area contributed by atoms with Crippen LogP contribution in [0.4, 0.5) is 0 Å². The van der Waals surface area contributed by atoms with Crippen molar-refractivity contribution in [2.45, 2.75) is 45.6 Å². The number of ether oxygens (including phenoxy) is 1. The highest BCUT2D eigenvalue weighted by Gasteiger charge is 2.52. The SMILES string of the molecule is CCC(C)C1(CN)CCOC1C1CC1. The maximum Gasteiger partial charge on any atom is 0.0674 e. The zero-order valence-corrected chi connectivity index (χ0v) is 9.46. The van der Waals surface area contributed by atoms with E-state index in [1.165, 1.54) is 25.7 Å². The first-order valence-corrected chi connectivity index (χ1v) is 6.06. The smallest absolute Gasteiger partial charge is 0.0674 e. The van der Waals surface area contributed by atoms with Crippen molar-refractivity contribution in [2.24, 2.45) is 23.0 Å². The maximum absolute atomic E-state index is 6.02. The maximum atomic E-state index is 6.02. The lowest BCUT2D eigenvalue weighted by molar-refractivity contribution is 0.00711. The van der Waals surface area contributed by atoms with Crippen LogP contribution in [-0.2, 0) is 4.74 Å². The third-order valence-electron chi connectivity index (χ3n) is 4.46. The van der Waals surface area contributed by atoms with Gasteiger partial charge in [0.25, 0.3) is 0 Å². The summed E-state index contributed by atoms with van der Waals surface area (Å²) < 4.78 is 5.93. The van der Waals surface area contributed by atoms with E-state index in [2.05, 4.69) is 13.8 Å². The first-order valence-electron chi connectivity index (χ1n) is 6.06. The van der Waals surface area contributed by atoms with Gasteiger partial charge in [0.2, 0.25) is 0 Å². The molecule has 1 saturated carbocycles. The average Bonchev–Trinajstić information content (AvgIpc) is 2.97. The molecule has 2 nitrogen and oxygen atoms in total. The van der Waals surface area contributed by atoms with Gasteiger partial charge in [-0.15, -0.1) is 0 Å². The predicted octanol–water partition coefficient (Wildman–Crippen LogP) is 2.18. The molecule has 1 saturated heterocycles. The Morgan fingerprint density at radius 2 is 2.21 bits per heavy atom. The molecule has 2 N–H and O–H groups in total. The van der Waals surface area contributed by atoms with Gasteiger partial charge in [0.1, 0.15) is 0 Å². The van der Waals surface area contributed by atoms with Gasteiger partial charge in [-0.25, -0.2) is 0 Å². The summed E-state index contributed by atoms with van der Waals surface area (Å²) in [5, 5.41) is 0. The van der Waals surface area contributed by atoms with Gasteiger partial charge < -0.3 is 10.5 Å².